The van der Waals surface area contributed by atoms with E-state index in [1.54, 1.807) is 12.1 Å². The summed E-state index contributed by atoms with van der Waals surface area (Å²) in [5.41, 5.74) is 0.502. The third kappa shape index (κ3) is 3.71. The van der Waals surface area contributed by atoms with Crippen molar-refractivity contribution < 1.29 is 9.49 Å². The lowest BCUT2D eigenvalue weighted by molar-refractivity contribution is -0.671. The van der Waals surface area contributed by atoms with Crippen LogP contribution in [0, 0.1) is 10.1 Å². The Morgan fingerprint density at radius 3 is 2.95 bits per heavy atom. The van der Waals surface area contributed by atoms with Crippen LogP contribution in [0.2, 0.25) is 5.02 Å². The number of nitro benzene ring substituents is 1. The van der Waals surface area contributed by atoms with Gasteiger partial charge in [0.05, 0.1) is 18.5 Å². The minimum atomic E-state index is -0.430. The molecule has 1 heterocycles. The molecule has 0 saturated carbocycles. The van der Waals surface area contributed by atoms with Crippen molar-refractivity contribution in [1.29, 1.82) is 0 Å². The van der Waals surface area contributed by atoms with Crippen molar-refractivity contribution in [1.82, 2.24) is 4.57 Å². The van der Waals surface area contributed by atoms with Crippen LogP contribution >= 0.6 is 11.6 Å². The number of nitrogens with one attached hydrogen (secondary N) is 1. The second-order valence-corrected chi connectivity index (χ2v) is 4.95. The summed E-state index contributed by atoms with van der Waals surface area (Å²) < 4.78 is 4.04. The number of hydrogen-bond donors (Lipinski definition) is 1. The average Bonchev–Trinajstić information content (AvgIpc) is 2.81. The van der Waals surface area contributed by atoms with Crippen LogP contribution in [-0.2, 0) is 13.6 Å². The predicted molar refractivity (Wildman–Crippen MR) is 76.8 cm³/mol. The van der Waals surface area contributed by atoms with E-state index in [1.807, 2.05) is 30.3 Å². The highest BCUT2D eigenvalue weighted by Crippen LogP contribution is 2.27. The standard InChI is InChI=1S/C13H16ClN4O2/c1-16-7-8-17(10-16)6-2-5-15-12-4-3-11(14)9-13(12)18(19)20/h3-4,7-10,15H,2,5-6H2,1H3/q+1. The van der Waals surface area contributed by atoms with Gasteiger partial charge in [-0.1, -0.05) is 11.6 Å². The molecule has 6 nitrogen and oxygen atoms in total. The van der Waals surface area contributed by atoms with E-state index in [9.17, 15) is 10.1 Å². The molecule has 2 aromatic rings. The SMILES string of the molecule is C[n+]1ccn(CCCNc2ccc(Cl)cc2[N+](=O)[O-])c1. The van der Waals surface area contributed by atoms with Gasteiger partial charge >= 0.3 is 0 Å². The normalized spacial score (nSPS) is 10.5. The van der Waals surface area contributed by atoms with E-state index >= 15 is 0 Å². The summed E-state index contributed by atoms with van der Waals surface area (Å²) in [6, 6.07) is 4.63. The van der Waals surface area contributed by atoms with E-state index in [-0.39, 0.29) is 5.69 Å². The van der Waals surface area contributed by atoms with E-state index in [1.165, 1.54) is 6.07 Å². The van der Waals surface area contributed by atoms with Crippen molar-refractivity contribution in [2.75, 3.05) is 11.9 Å². The maximum Gasteiger partial charge on any atom is 0.293 e. The number of halogens is 1. The molecule has 0 atom stereocenters. The van der Waals surface area contributed by atoms with Crippen LogP contribution in [-0.4, -0.2) is 16.0 Å². The lowest BCUT2D eigenvalue weighted by Crippen LogP contribution is -2.23. The molecule has 0 aliphatic rings. The highest BCUT2D eigenvalue weighted by molar-refractivity contribution is 6.30. The van der Waals surface area contributed by atoms with Gasteiger partial charge in [-0.15, -0.1) is 0 Å². The first-order valence-electron chi connectivity index (χ1n) is 6.25. The smallest absolute Gasteiger partial charge is 0.293 e. The monoisotopic (exact) mass is 295 g/mol. The Hall–Kier alpha value is -2.08. The Labute approximate surface area is 121 Å². The first kappa shape index (κ1) is 14.3. The zero-order valence-electron chi connectivity index (χ0n) is 11.1. The lowest BCUT2D eigenvalue weighted by atomic mass is 10.2. The second-order valence-electron chi connectivity index (χ2n) is 4.52. The van der Waals surface area contributed by atoms with Crippen LogP contribution in [0.4, 0.5) is 11.4 Å². The van der Waals surface area contributed by atoms with E-state index in [0.29, 0.717) is 17.3 Å². The summed E-state index contributed by atoms with van der Waals surface area (Å²) >= 11 is 5.77. The van der Waals surface area contributed by atoms with Gasteiger partial charge < -0.3 is 5.32 Å². The molecule has 7 heteroatoms. The Kier molecular flexibility index (Phi) is 4.57. The van der Waals surface area contributed by atoms with Gasteiger partial charge in [-0.3, -0.25) is 10.1 Å². The number of aromatic nitrogens is 2. The maximum absolute atomic E-state index is 10.9. The number of nitro groups is 1. The highest BCUT2D eigenvalue weighted by atomic mass is 35.5. The molecule has 0 bridgehead atoms. The van der Waals surface area contributed by atoms with Crippen LogP contribution in [0.15, 0.2) is 36.9 Å². The summed E-state index contributed by atoms with van der Waals surface area (Å²) in [5.74, 6) is 0. The third-order valence-electron chi connectivity index (χ3n) is 2.89. The van der Waals surface area contributed by atoms with Crippen LogP contribution in [0.3, 0.4) is 0 Å². The molecule has 0 radical (unpaired) electrons. The zero-order valence-corrected chi connectivity index (χ0v) is 11.9. The highest BCUT2D eigenvalue weighted by Gasteiger charge is 2.13. The average molecular weight is 296 g/mol. The Morgan fingerprint density at radius 1 is 1.50 bits per heavy atom. The Bertz CT molecular complexity index is 612. The van der Waals surface area contributed by atoms with E-state index in [0.717, 1.165) is 13.0 Å². The van der Waals surface area contributed by atoms with E-state index in [2.05, 4.69) is 9.88 Å². The van der Waals surface area contributed by atoms with Gasteiger partial charge in [-0.2, -0.15) is 0 Å². The van der Waals surface area contributed by atoms with Gasteiger partial charge in [-0.25, -0.2) is 9.13 Å². The number of aryl methyl sites for hydroxylation is 2. The number of imidazole rings is 1. The summed E-state index contributed by atoms with van der Waals surface area (Å²) in [7, 11) is 1.96. The lowest BCUT2D eigenvalue weighted by Gasteiger charge is -2.06. The van der Waals surface area contributed by atoms with Crippen molar-refractivity contribution >= 4 is 23.0 Å². The summed E-state index contributed by atoms with van der Waals surface area (Å²) in [5, 5.41) is 14.4. The van der Waals surface area contributed by atoms with E-state index in [4.69, 9.17) is 11.6 Å². The fraction of sp³-hybridized carbons (Fsp3) is 0.308. The number of nitrogens with zero attached hydrogens (tertiary/aromatic N) is 3. The van der Waals surface area contributed by atoms with Crippen LogP contribution in [0.1, 0.15) is 6.42 Å². The molecule has 0 fully saturated rings. The minimum absolute atomic E-state index is 0.00450. The van der Waals surface area contributed by atoms with Crippen molar-refractivity contribution in [3.63, 3.8) is 0 Å². The van der Waals surface area contributed by atoms with Crippen LogP contribution in [0.5, 0.6) is 0 Å². The first-order valence-corrected chi connectivity index (χ1v) is 6.63. The number of hydrogen-bond acceptors (Lipinski definition) is 3. The number of benzene rings is 1. The minimum Gasteiger partial charge on any atom is -0.379 e. The number of anilines is 1. The van der Waals surface area contributed by atoms with E-state index < -0.39 is 4.92 Å². The molecule has 0 amide bonds. The fourth-order valence-electron chi connectivity index (χ4n) is 1.92. The molecule has 106 valence electrons. The Balaban J connectivity index is 1.89. The van der Waals surface area contributed by atoms with Gasteiger partial charge in [0.2, 0.25) is 6.33 Å². The Morgan fingerprint density at radius 2 is 2.30 bits per heavy atom. The summed E-state index contributed by atoms with van der Waals surface area (Å²) in [4.78, 5) is 10.5. The largest absolute Gasteiger partial charge is 0.379 e. The predicted octanol–water partition coefficient (Wildman–Crippen LogP) is 2.38. The molecule has 1 aromatic carbocycles. The molecule has 1 aromatic heterocycles. The van der Waals surface area contributed by atoms with Gasteiger partial charge in [-0.05, 0) is 12.1 Å². The van der Waals surface area contributed by atoms with Crippen LogP contribution in [0.25, 0.3) is 0 Å². The van der Waals surface area contributed by atoms with Gasteiger partial charge in [0.15, 0.2) is 0 Å². The fourth-order valence-corrected chi connectivity index (χ4v) is 2.09. The molecule has 0 spiro atoms. The van der Waals surface area contributed by atoms with Crippen molar-refractivity contribution in [2.45, 2.75) is 13.0 Å². The summed E-state index contributed by atoms with van der Waals surface area (Å²) in [6.07, 6.45) is 6.82. The second kappa shape index (κ2) is 6.38. The molecular weight excluding hydrogens is 280 g/mol. The van der Waals surface area contributed by atoms with Gasteiger partial charge in [0, 0.05) is 24.1 Å². The molecular formula is C13H16ClN4O2+. The maximum atomic E-state index is 10.9. The molecule has 1 N–H and O–H groups in total. The van der Waals surface area contributed by atoms with Crippen molar-refractivity contribution in [3.05, 3.63) is 52.1 Å². The molecule has 20 heavy (non-hydrogen) atoms. The number of rotatable bonds is 6. The molecule has 0 saturated heterocycles. The quantitative estimate of drug-likeness (QED) is 0.385. The van der Waals surface area contributed by atoms with Gasteiger partial charge in [0.25, 0.3) is 5.69 Å². The molecule has 2 rings (SSSR count). The zero-order chi connectivity index (χ0) is 14.5. The molecule has 0 unspecified atom stereocenters. The van der Waals surface area contributed by atoms with Crippen LogP contribution < -0.4 is 9.88 Å². The summed E-state index contributed by atoms with van der Waals surface area (Å²) in [6.45, 7) is 1.51. The van der Waals surface area contributed by atoms with Gasteiger partial charge in [0.1, 0.15) is 18.1 Å². The first-order chi connectivity index (χ1) is 9.56. The molecule has 0 aliphatic heterocycles. The third-order valence-corrected chi connectivity index (χ3v) is 3.12. The van der Waals surface area contributed by atoms with Crippen molar-refractivity contribution in [3.8, 4) is 0 Å². The topological polar surface area (TPSA) is 64.0 Å². The van der Waals surface area contributed by atoms with Crippen molar-refractivity contribution in [2.24, 2.45) is 7.05 Å². The molecule has 0 aliphatic carbocycles.